The summed E-state index contributed by atoms with van der Waals surface area (Å²) < 4.78 is 0. The van der Waals surface area contributed by atoms with Gasteiger partial charge in [0.15, 0.2) is 5.78 Å². The lowest BCUT2D eigenvalue weighted by atomic mass is 9.88. The highest BCUT2D eigenvalue weighted by molar-refractivity contribution is 8.00. The highest BCUT2D eigenvalue weighted by Crippen LogP contribution is 2.36. The van der Waals surface area contributed by atoms with Crippen molar-refractivity contribution >= 4 is 40.5 Å². The third kappa shape index (κ3) is 3.69. The Morgan fingerprint density at radius 1 is 1.30 bits per heavy atom. The number of rotatable bonds is 4. The molecule has 0 saturated carbocycles. The molecule has 1 aromatic carbocycles. The lowest BCUT2D eigenvalue weighted by Crippen LogP contribution is -2.48. The molecule has 1 atom stereocenters. The number of fused-ring (bicyclic) bond motifs is 1. The summed E-state index contributed by atoms with van der Waals surface area (Å²) in [6, 6.07) is 9.19. The van der Waals surface area contributed by atoms with Gasteiger partial charge < -0.3 is 10.4 Å². The zero-order valence-electron chi connectivity index (χ0n) is 15.1. The van der Waals surface area contributed by atoms with E-state index in [0.29, 0.717) is 37.2 Å². The van der Waals surface area contributed by atoms with Gasteiger partial charge >= 0.3 is 0 Å². The molecular weight excluding hydrogens is 380 g/mol. The monoisotopic (exact) mass is 402 g/mol. The van der Waals surface area contributed by atoms with Crippen molar-refractivity contribution in [2.45, 2.75) is 36.3 Å². The number of carbonyl (C=O) groups excluding carboxylic acids is 2. The fraction of sp³-hybridized carbons (Fsp3) is 0.400. The number of hydrogen-bond acceptors (Lipinski definition) is 6. The summed E-state index contributed by atoms with van der Waals surface area (Å²) in [7, 11) is 0. The highest BCUT2D eigenvalue weighted by atomic mass is 32.2. The summed E-state index contributed by atoms with van der Waals surface area (Å²) >= 11 is 3.05. The summed E-state index contributed by atoms with van der Waals surface area (Å²) in [6.45, 7) is 3.32. The van der Waals surface area contributed by atoms with Crippen molar-refractivity contribution in [1.82, 2.24) is 4.90 Å². The number of hydrogen-bond donors (Lipinski definition) is 2. The van der Waals surface area contributed by atoms with Crippen LogP contribution in [0.2, 0.25) is 0 Å². The van der Waals surface area contributed by atoms with Gasteiger partial charge in [-0.25, -0.2) is 0 Å². The summed E-state index contributed by atoms with van der Waals surface area (Å²) in [4.78, 5) is 28.6. The highest BCUT2D eigenvalue weighted by Gasteiger charge is 2.37. The molecule has 1 aromatic heterocycles. The first-order chi connectivity index (χ1) is 13.0. The molecule has 3 heterocycles. The lowest BCUT2D eigenvalue weighted by molar-refractivity contribution is -0.113. The number of thiophene rings is 1. The number of aliphatic hydroxyl groups is 1. The van der Waals surface area contributed by atoms with Crippen LogP contribution < -0.4 is 5.32 Å². The molecule has 2 aromatic rings. The summed E-state index contributed by atoms with van der Waals surface area (Å²) in [6.07, 6.45) is 1.27. The number of amides is 1. The first-order valence-corrected chi connectivity index (χ1v) is 10.9. The Hall–Kier alpha value is -1.67. The SMILES string of the molecule is CC(C(=O)c1ccc2c(c1)SCC(=O)N2)N1CCC(O)(c2cccs2)CC1. The van der Waals surface area contributed by atoms with Crippen LogP contribution in [0.5, 0.6) is 0 Å². The molecule has 0 bridgehead atoms. The van der Waals surface area contributed by atoms with Crippen molar-refractivity contribution in [3.8, 4) is 0 Å². The van der Waals surface area contributed by atoms with E-state index in [-0.39, 0.29) is 17.7 Å². The molecule has 1 fully saturated rings. The zero-order valence-corrected chi connectivity index (χ0v) is 16.7. The molecule has 0 radical (unpaired) electrons. The van der Waals surface area contributed by atoms with Gasteiger partial charge in [0, 0.05) is 28.4 Å². The average Bonchev–Trinajstić information content (AvgIpc) is 3.23. The molecule has 142 valence electrons. The van der Waals surface area contributed by atoms with Crippen LogP contribution in [0.1, 0.15) is 35.0 Å². The maximum absolute atomic E-state index is 13.0. The van der Waals surface area contributed by atoms with Gasteiger partial charge in [0.25, 0.3) is 0 Å². The minimum Gasteiger partial charge on any atom is -0.384 e. The van der Waals surface area contributed by atoms with Crippen LogP contribution in [0.25, 0.3) is 0 Å². The smallest absolute Gasteiger partial charge is 0.234 e. The summed E-state index contributed by atoms with van der Waals surface area (Å²) in [5, 5.41) is 15.7. The number of nitrogens with zero attached hydrogens (tertiary/aromatic N) is 1. The second kappa shape index (κ2) is 7.39. The topological polar surface area (TPSA) is 69.6 Å². The Bertz CT molecular complexity index is 858. The number of thioether (sulfide) groups is 1. The number of carbonyl (C=O) groups is 2. The number of likely N-dealkylation sites (tertiary alicyclic amines) is 1. The molecule has 0 spiro atoms. The second-order valence-electron chi connectivity index (χ2n) is 7.13. The molecule has 0 aliphatic carbocycles. The Labute approximate surface area is 166 Å². The van der Waals surface area contributed by atoms with Crippen LogP contribution in [0, 0.1) is 0 Å². The predicted octanol–water partition coefficient (Wildman–Crippen LogP) is 3.35. The molecule has 1 amide bonds. The van der Waals surface area contributed by atoms with Crippen molar-refractivity contribution in [2.75, 3.05) is 24.2 Å². The molecule has 27 heavy (non-hydrogen) atoms. The number of ketones is 1. The number of anilines is 1. The standard InChI is InChI=1S/C20H22N2O3S2/c1-13(22-8-6-20(25,7-9-22)17-3-2-10-26-17)19(24)14-4-5-15-16(11-14)27-12-18(23)21-15/h2-5,10-11,13,25H,6-9,12H2,1H3,(H,21,23). The number of Topliss-reactive ketones (excluding diaryl/α,β-unsaturated/α-hetero) is 1. The van der Waals surface area contributed by atoms with E-state index in [0.717, 1.165) is 15.5 Å². The minimum absolute atomic E-state index is 0.00788. The third-order valence-corrected chi connectivity index (χ3v) is 7.55. The maximum Gasteiger partial charge on any atom is 0.234 e. The number of piperidine rings is 1. The van der Waals surface area contributed by atoms with Gasteiger partial charge in [-0.3, -0.25) is 14.5 Å². The molecule has 1 saturated heterocycles. The van der Waals surface area contributed by atoms with E-state index in [1.54, 1.807) is 17.4 Å². The molecule has 7 heteroatoms. The van der Waals surface area contributed by atoms with E-state index in [1.165, 1.54) is 11.8 Å². The molecule has 5 nitrogen and oxygen atoms in total. The first-order valence-electron chi connectivity index (χ1n) is 9.08. The van der Waals surface area contributed by atoms with Gasteiger partial charge in [-0.1, -0.05) is 6.07 Å². The van der Waals surface area contributed by atoms with E-state index >= 15 is 0 Å². The average molecular weight is 403 g/mol. The van der Waals surface area contributed by atoms with Crippen molar-refractivity contribution < 1.29 is 14.7 Å². The lowest BCUT2D eigenvalue weighted by Gasteiger charge is -2.40. The molecule has 2 aliphatic heterocycles. The number of benzene rings is 1. The first kappa shape index (κ1) is 18.7. The van der Waals surface area contributed by atoms with Gasteiger partial charge in [0.2, 0.25) is 5.91 Å². The molecule has 4 rings (SSSR count). The van der Waals surface area contributed by atoms with E-state index in [4.69, 9.17) is 0 Å². The van der Waals surface area contributed by atoms with Crippen LogP contribution in [-0.2, 0) is 10.4 Å². The maximum atomic E-state index is 13.0. The quantitative estimate of drug-likeness (QED) is 0.768. The van der Waals surface area contributed by atoms with Gasteiger partial charge in [0.05, 0.1) is 17.5 Å². The Morgan fingerprint density at radius 2 is 2.07 bits per heavy atom. The zero-order chi connectivity index (χ0) is 19.0. The van der Waals surface area contributed by atoms with Gasteiger partial charge in [-0.2, -0.15) is 0 Å². The normalized spacial score (nSPS) is 20.6. The van der Waals surface area contributed by atoms with Gasteiger partial charge in [-0.15, -0.1) is 23.1 Å². The fourth-order valence-corrected chi connectivity index (χ4v) is 5.43. The van der Waals surface area contributed by atoms with E-state index in [1.807, 2.05) is 36.6 Å². The molecule has 2 N–H and O–H groups in total. The van der Waals surface area contributed by atoms with Crippen LogP contribution in [0.3, 0.4) is 0 Å². The van der Waals surface area contributed by atoms with Crippen LogP contribution >= 0.6 is 23.1 Å². The van der Waals surface area contributed by atoms with Crippen LogP contribution in [-0.4, -0.2) is 46.6 Å². The molecule has 2 aliphatic rings. The van der Waals surface area contributed by atoms with Gasteiger partial charge in [-0.05, 0) is 49.4 Å². The molecular formula is C20H22N2O3S2. The van der Waals surface area contributed by atoms with Crippen molar-refractivity contribution in [3.63, 3.8) is 0 Å². The third-order valence-electron chi connectivity index (χ3n) is 5.43. The predicted molar refractivity (Wildman–Crippen MR) is 109 cm³/mol. The Balaban J connectivity index is 1.44. The van der Waals surface area contributed by atoms with E-state index in [9.17, 15) is 14.7 Å². The van der Waals surface area contributed by atoms with Crippen LogP contribution in [0.4, 0.5) is 5.69 Å². The Kier molecular flexibility index (Phi) is 5.11. The Morgan fingerprint density at radius 3 is 2.78 bits per heavy atom. The van der Waals surface area contributed by atoms with E-state index < -0.39 is 5.60 Å². The van der Waals surface area contributed by atoms with Crippen LogP contribution in [0.15, 0.2) is 40.6 Å². The molecule has 1 unspecified atom stereocenters. The van der Waals surface area contributed by atoms with Gasteiger partial charge in [0.1, 0.15) is 5.60 Å². The van der Waals surface area contributed by atoms with Crippen molar-refractivity contribution in [1.29, 1.82) is 0 Å². The number of nitrogens with one attached hydrogen (secondary N) is 1. The largest absolute Gasteiger partial charge is 0.384 e. The van der Waals surface area contributed by atoms with Crippen molar-refractivity contribution in [2.24, 2.45) is 0 Å². The minimum atomic E-state index is -0.770. The van der Waals surface area contributed by atoms with E-state index in [2.05, 4.69) is 10.2 Å². The summed E-state index contributed by atoms with van der Waals surface area (Å²) in [5.74, 6) is 0.455. The van der Waals surface area contributed by atoms with Crippen molar-refractivity contribution in [3.05, 3.63) is 46.2 Å². The second-order valence-corrected chi connectivity index (χ2v) is 9.10. The fourth-order valence-electron chi connectivity index (χ4n) is 3.71. The summed E-state index contributed by atoms with van der Waals surface area (Å²) in [5.41, 5.74) is 0.678.